The fourth-order valence-electron chi connectivity index (χ4n) is 2.38. The molecule has 0 bridgehead atoms. The first-order valence-electron chi connectivity index (χ1n) is 7.48. The van der Waals surface area contributed by atoms with Gasteiger partial charge in [0.25, 0.3) is 0 Å². The number of hydrogen-bond donors (Lipinski definition) is 2. The number of aryl methyl sites for hydroxylation is 1. The van der Waals surface area contributed by atoms with E-state index in [9.17, 15) is 4.79 Å². The third kappa shape index (κ3) is 5.57. The van der Waals surface area contributed by atoms with Crippen molar-refractivity contribution in [1.82, 2.24) is 0 Å². The van der Waals surface area contributed by atoms with Gasteiger partial charge >= 0.3 is 0 Å². The zero-order valence-electron chi connectivity index (χ0n) is 13.1. The van der Waals surface area contributed by atoms with E-state index in [4.69, 9.17) is 11.0 Å². The van der Waals surface area contributed by atoms with Crippen molar-refractivity contribution in [3.63, 3.8) is 0 Å². The predicted molar refractivity (Wildman–Crippen MR) is 85.8 cm³/mol. The molecule has 0 radical (unpaired) electrons. The zero-order chi connectivity index (χ0) is 15.8. The number of amides is 1. The van der Waals surface area contributed by atoms with Crippen LogP contribution in [0.3, 0.4) is 0 Å². The molecule has 21 heavy (non-hydrogen) atoms. The predicted octanol–water partition coefficient (Wildman–Crippen LogP) is 3.21. The average molecular weight is 287 g/mol. The summed E-state index contributed by atoms with van der Waals surface area (Å²) in [5.74, 6) is 1.01. The number of carbonyl (C=O) groups excluding carboxylic acids is 1. The molecule has 0 saturated heterocycles. The van der Waals surface area contributed by atoms with E-state index in [1.54, 1.807) is 12.1 Å². The SMILES string of the molecule is Cc1ccc(C#N)cc1NC(=O)CCC(CCN)C(C)C. The molecule has 1 amide bonds. The normalized spacial score (nSPS) is 12.0. The van der Waals surface area contributed by atoms with Gasteiger partial charge in [-0.05, 0) is 55.8 Å². The molecule has 114 valence electrons. The van der Waals surface area contributed by atoms with Crippen molar-refractivity contribution >= 4 is 11.6 Å². The first-order chi connectivity index (χ1) is 9.97. The molecule has 4 heteroatoms. The summed E-state index contributed by atoms with van der Waals surface area (Å²) in [4.78, 5) is 12.1. The summed E-state index contributed by atoms with van der Waals surface area (Å²) in [5.41, 5.74) is 7.86. The summed E-state index contributed by atoms with van der Waals surface area (Å²) in [6.45, 7) is 6.91. The minimum atomic E-state index is -0.00383. The summed E-state index contributed by atoms with van der Waals surface area (Å²) < 4.78 is 0. The second-order valence-electron chi connectivity index (χ2n) is 5.81. The largest absolute Gasteiger partial charge is 0.330 e. The lowest BCUT2D eigenvalue weighted by atomic mass is 9.88. The topological polar surface area (TPSA) is 78.9 Å². The fourth-order valence-corrected chi connectivity index (χ4v) is 2.38. The van der Waals surface area contributed by atoms with E-state index in [1.807, 2.05) is 13.0 Å². The van der Waals surface area contributed by atoms with E-state index in [0.717, 1.165) is 24.1 Å². The molecule has 1 rings (SSSR count). The molecule has 0 aliphatic carbocycles. The molecule has 1 aromatic rings. The number of anilines is 1. The second-order valence-corrected chi connectivity index (χ2v) is 5.81. The Labute approximate surface area is 127 Å². The van der Waals surface area contributed by atoms with Crippen LogP contribution in [0.5, 0.6) is 0 Å². The Balaban J connectivity index is 2.60. The Morgan fingerprint density at radius 1 is 1.38 bits per heavy atom. The number of nitrogens with zero attached hydrogens (tertiary/aromatic N) is 1. The van der Waals surface area contributed by atoms with Crippen molar-refractivity contribution in [2.75, 3.05) is 11.9 Å². The first-order valence-corrected chi connectivity index (χ1v) is 7.48. The summed E-state index contributed by atoms with van der Waals surface area (Å²) in [7, 11) is 0. The molecule has 1 aromatic carbocycles. The van der Waals surface area contributed by atoms with Gasteiger partial charge in [0, 0.05) is 12.1 Å². The van der Waals surface area contributed by atoms with Gasteiger partial charge in [-0.3, -0.25) is 4.79 Å². The van der Waals surface area contributed by atoms with E-state index in [2.05, 4.69) is 25.2 Å². The molecule has 1 unspecified atom stereocenters. The number of hydrogen-bond acceptors (Lipinski definition) is 3. The summed E-state index contributed by atoms with van der Waals surface area (Å²) in [6.07, 6.45) is 2.28. The van der Waals surface area contributed by atoms with Crippen molar-refractivity contribution < 1.29 is 4.79 Å². The van der Waals surface area contributed by atoms with Gasteiger partial charge in [-0.1, -0.05) is 19.9 Å². The number of rotatable bonds is 7. The Morgan fingerprint density at radius 3 is 2.67 bits per heavy atom. The molecule has 0 heterocycles. The maximum atomic E-state index is 12.1. The quantitative estimate of drug-likeness (QED) is 0.808. The third-order valence-corrected chi connectivity index (χ3v) is 3.86. The van der Waals surface area contributed by atoms with Crippen LogP contribution in [-0.4, -0.2) is 12.5 Å². The maximum Gasteiger partial charge on any atom is 0.224 e. The number of carbonyl (C=O) groups is 1. The van der Waals surface area contributed by atoms with E-state index in [-0.39, 0.29) is 5.91 Å². The van der Waals surface area contributed by atoms with Crippen molar-refractivity contribution in [2.45, 2.75) is 40.0 Å². The van der Waals surface area contributed by atoms with Crippen molar-refractivity contribution in [3.05, 3.63) is 29.3 Å². The standard InChI is InChI=1S/C17H25N3O/c1-12(2)15(8-9-18)6-7-17(21)20-16-10-14(11-19)5-4-13(16)3/h4-5,10,12,15H,6-9,18H2,1-3H3,(H,20,21). The Hall–Kier alpha value is -1.86. The summed E-state index contributed by atoms with van der Waals surface area (Å²) in [6, 6.07) is 7.40. The number of nitrogens with two attached hydrogens (primary N) is 1. The van der Waals surface area contributed by atoms with Gasteiger partial charge < -0.3 is 11.1 Å². The number of benzene rings is 1. The van der Waals surface area contributed by atoms with E-state index in [1.165, 1.54) is 0 Å². The van der Waals surface area contributed by atoms with Crippen LogP contribution in [0.1, 0.15) is 44.2 Å². The van der Waals surface area contributed by atoms with E-state index < -0.39 is 0 Å². The lowest BCUT2D eigenvalue weighted by Crippen LogP contribution is -2.18. The minimum Gasteiger partial charge on any atom is -0.330 e. The Morgan fingerprint density at radius 2 is 2.10 bits per heavy atom. The van der Waals surface area contributed by atoms with Crippen LogP contribution in [0.25, 0.3) is 0 Å². The van der Waals surface area contributed by atoms with Crippen LogP contribution in [0.2, 0.25) is 0 Å². The van der Waals surface area contributed by atoms with Crippen LogP contribution >= 0.6 is 0 Å². The highest BCUT2D eigenvalue weighted by Crippen LogP contribution is 2.21. The van der Waals surface area contributed by atoms with Gasteiger partial charge in [0.15, 0.2) is 0 Å². The molecule has 0 aromatic heterocycles. The smallest absolute Gasteiger partial charge is 0.224 e. The van der Waals surface area contributed by atoms with Crippen LogP contribution in [0.4, 0.5) is 5.69 Å². The van der Waals surface area contributed by atoms with Gasteiger partial charge in [-0.2, -0.15) is 5.26 Å². The van der Waals surface area contributed by atoms with E-state index in [0.29, 0.717) is 30.4 Å². The highest BCUT2D eigenvalue weighted by Gasteiger charge is 2.15. The Bertz CT molecular complexity index is 517. The van der Waals surface area contributed by atoms with Crippen LogP contribution < -0.4 is 11.1 Å². The van der Waals surface area contributed by atoms with Gasteiger partial charge in [0.2, 0.25) is 5.91 Å². The van der Waals surface area contributed by atoms with Gasteiger partial charge in [-0.25, -0.2) is 0 Å². The zero-order valence-corrected chi connectivity index (χ0v) is 13.1. The molecule has 0 aliphatic heterocycles. The van der Waals surface area contributed by atoms with Crippen molar-refractivity contribution in [2.24, 2.45) is 17.6 Å². The first kappa shape index (κ1) is 17.2. The maximum absolute atomic E-state index is 12.1. The van der Waals surface area contributed by atoms with Crippen LogP contribution in [0.15, 0.2) is 18.2 Å². The van der Waals surface area contributed by atoms with Gasteiger partial charge in [-0.15, -0.1) is 0 Å². The summed E-state index contributed by atoms with van der Waals surface area (Å²) in [5, 5.41) is 11.8. The molecule has 0 aliphatic rings. The molecule has 0 spiro atoms. The molecule has 1 atom stereocenters. The highest BCUT2D eigenvalue weighted by molar-refractivity contribution is 5.91. The fraction of sp³-hybridized carbons (Fsp3) is 0.529. The van der Waals surface area contributed by atoms with Gasteiger partial charge in [0.05, 0.1) is 11.6 Å². The Kier molecular flexibility index (Phi) is 6.90. The average Bonchev–Trinajstić information content (AvgIpc) is 2.45. The monoisotopic (exact) mass is 287 g/mol. The minimum absolute atomic E-state index is 0.00383. The third-order valence-electron chi connectivity index (χ3n) is 3.86. The highest BCUT2D eigenvalue weighted by atomic mass is 16.1. The summed E-state index contributed by atoms with van der Waals surface area (Å²) >= 11 is 0. The van der Waals surface area contributed by atoms with Gasteiger partial charge in [0.1, 0.15) is 0 Å². The molecule has 3 N–H and O–H groups in total. The molecule has 0 fully saturated rings. The van der Waals surface area contributed by atoms with E-state index >= 15 is 0 Å². The second kappa shape index (κ2) is 8.43. The molecule has 4 nitrogen and oxygen atoms in total. The number of nitrogens with one attached hydrogen (secondary N) is 1. The molecule has 0 saturated carbocycles. The van der Waals surface area contributed by atoms with Crippen LogP contribution in [0, 0.1) is 30.1 Å². The van der Waals surface area contributed by atoms with Crippen molar-refractivity contribution in [3.8, 4) is 6.07 Å². The molecular weight excluding hydrogens is 262 g/mol. The lowest BCUT2D eigenvalue weighted by Gasteiger charge is -2.19. The number of nitriles is 1. The lowest BCUT2D eigenvalue weighted by molar-refractivity contribution is -0.116. The van der Waals surface area contributed by atoms with Crippen molar-refractivity contribution in [1.29, 1.82) is 5.26 Å². The van der Waals surface area contributed by atoms with Crippen LogP contribution in [-0.2, 0) is 4.79 Å². The molecular formula is C17H25N3O.